The van der Waals surface area contributed by atoms with Crippen LogP contribution in [0.2, 0.25) is 0 Å². The van der Waals surface area contributed by atoms with Crippen LogP contribution in [0.4, 0.5) is 0 Å². The van der Waals surface area contributed by atoms with Crippen LogP contribution in [0, 0.1) is 0 Å². The molecule has 2 fully saturated rings. The van der Waals surface area contributed by atoms with E-state index in [1.165, 1.54) is 5.56 Å². The first-order chi connectivity index (χ1) is 10.3. The van der Waals surface area contributed by atoms with Crippen LogP contribution in [-0.4, -0.2) is 50.5 Å². The summed E-state index contributed by atoms with van der Waals surface area (Å²) < 4.78 is 17.0. The minimum atomic E-state index is 0.361. The normalized spacial score (nSPS) is 29.9. The van der Waals surface area contributed by atoms with Gasteiger partial charge in [0, 0.05) is 31.8 Å². The SMILES string of the molecule is COc1ccccc1CN1CCO[C@@H]2CC[C@@H](OC)C[C@@H]21. The molecule has 21 heavy (non-hydrogen) atoms. The lowest BCUT2D eigenvalue weighted by Gasteiger charge is -2.45. The van der Waals surface area contributed by atoms with E-state index in [4.69, 9.17) is 14.2 Å². The monoisotopic (exact) mass is 291 g/mol. The van der Waals surface area contributed by atoms with Gasteiger partial charge >= 0.3 is 0 Å². The second-order valence-corrected chi connectivity index (χ2v) is 5.93. The van der Waals surface area contributed by atoms with E-state index >= 15 is 0 Å². The Morgan fingerprint density at radius 2 is 2.10 bits per heavy atom. The number of fused-ring (bicyclic) bond motifs is 1. The first-order valence-electron chi connectivity index (χ1n) is 7.82. The van der Waals surface area contributed by atoms with Gasteiger partial charge in [-0.05, 0) is 25.3 Å². The summed E-state index contributed by atoms with van der Waals surface area (Å²) in [5.41, 5.74) is 1.25. The van der Waals surface area contributed by atoms with E-state index < -0.39 is 0 Å². The number of para-hydroxylation sites is 1. The molecule has 0 amide bonds. The zero-order chi connectivity index (χ0) is 14.7. The van der Waals surface area contributed by atoms with Gasteiger partial charge in [-0.25, -0.2) is 0 Å². The highest BCUT2D eigenvalue weighted by Gasteiger charge is 2.37. The molecule has 4 heteroatoms. The summed E-state index contributed by atoms with van der Waals surface area (Å²) >= 11 is 0. The number of hydrogen-bond acceptors (Lipinski definition) is 4. The van der Waals surface area contributed by atoms with Crippen molar-refractivity contribution in [3.8, 4) is 5.75 Å². The van der Waals surface area contributed by atoms with Gasteiger partial charge < -0.3 is 14.2 Å². The molecule has 116 valence electrons. The zero-order valence-electron chi connectivity index (χ0n) is 13.0. The zero-order valence-corrected chi connectivity index (χ0v) is 13.0. The third-order valence-electron chi connectivity index (χ3n) is 4.79. The lowest BCUT2D eigenvalue weighted by molar-refractivity contribution is -0.116. The highest BCUT2D eigenvalue weighted by molar-refractivity contribution is 5.33. The molecule has 1 aliphatic carbocycles. The lowest BCUT2D eigenvalue weighted by atomic mass is 9.87. The number of nitrogens with zero attached hydrogens (tertiary/aromatic N) is 1. The van der Waals surface area contributed by atoms with Gasteiger partial charge in [-0.1, -0.05) is 18.2 Å². The van der Waals surface area contributed by atoms with Gasteiger partial charge in [0.1, 0.15) is 5.75 Å². The van der Waals surface area contributed by atoms with Crippen molar-refractivity contribution in [3.63, 3.8) is 0 Å². The molecule has 1 aliphatic heterocycles. The highest BCUT2D eigenvalue weighted by Crippen LogP contribution is 2.32. The number of methoxy groups -OCH3 is 2. The molecule has 0 radical (unpaired) electrons. The Hall–Kier alpha value is -1.10. The Labute approximate surface area is 127 Å². The maximum absolute atomic E-state index is 5.97. The summed E-state index contributed by atoms with van der Waals surface area (Å²) in [5.74, 6) is 0.972. The lowest BCUT2D eigenvalue weighted by Crippen LogP contribution is -2.54. The van der Waals surface area contributed by atoms with E-state index in [1.807, 2.05) is 19.2 Å². The van der Waals surface area contributed by atoms with Gasteiger partial charge in [0.2, 0.25) is 0 Å². The van der Waals surface area contributed by atoms with Crippen molar-refractivity contribution in [3.05, 3.63) is 29.8 Å². The Morgan fingerprint density at radius 3 is 2.90 bits per heavy atom. The molecule has 4 nitrogen and oxygen atoms in total. The van der Waals surface area contributed by atoms with Gasteiger partial charge in [0.05, 0.1) is 25.9 Å². The summed E-state index contributed by atoms with van der Waals surface area (Å²) in [6.07, 6.45) is 4.01. The second kappa shape index (κ2) is 6.77. The quantitative estimate of drug-likeness (QED) is 0.852. The van der Waals surface area contributed by atoms with Crippen molar-refractivity contribution < 1.29 is 14.2 Å². The maximum atomic E-state index is 5.97. The minimum Gasteiger partial charge on any atom is -0.496 e. The Morgan fingerprint density at radius 1 is 1.24 bits per heavy atom. The van der Waals surface area contributed by atoms with E-state index in [1.54, 1.807) is 7.11 Å². The molecule has 0 spiro atoms. The first-order valence-corrected chi connectivity index (χ1v) is 7.82. The Bertz CT molecular complexity index is 465. The molecular formula is C17H25NO3. The molecule has 1 heterocycles. The van der Waals surface area contributed by atoms with Crippen LogP contribution in [0.1, 0.15) is 24.8 Å². The second-order valence-electron chi connectivity index (χ2n) is 5.93. The van der Waals surface area contributed by atoms with E-state index in [0.717, 1.165) is 44.7 Å². The van der Waals surface area contributed by atoms with Crippen LogP contribution < -0.4 is 4.74 Å². The van der Waals surface area contributed by atoms with E-state index in [2.05, 4.69) is 17.0 Å². The molecule has 0 N–H and O–H groups in total. The van der Waals surface area contributed by atoms with Crippen molar-refractivity contribution >= 4 is 0 Å². The van der Waals surface area contributed by atoms with Crippen molar-refractivity contribution in [2.75, 3.05) is 27.4 Å². The maximum Gasteiger partial charge on any atom is 0.123 e. The minimum absolute atomic E-state index is 0.361. The summed E-state index contributed by atoms with van der Waals surface area (Å²) in [6, 6.07) is 8.74. The van der Waals surface area contributed by atoms with Crippen LogP contribution in [0.5, 0.6) is 5.75 Å². The van der Waals surface area contributed by atoms with Crippen molar-refractivity contribution in [1.82, 2.24) is 4.90 Å². The Balaban J connectivity index is 1.74. The topological polar surface area (TPSA) is 30.9 Å². The third kappa shape index (κ3) is 3.23. The largest absolute Gasteiger partial charge is 0.496 e. The van der Waals surface area contributed by atoms with Crippen molar-refractivity contribution in [1.29, 1.82) is 0 Å². The molecule has 1 saturated carbocycles. The third-order valence-corrected chi connectivity index (χ3v) is 4.79. The van der Waals surface area contributed by atoms with Crippen molar-refractivity contribution in [2.24, 2.45) is 0 Å². The molecule has 1 aromatic carbocycles. The number of hydrogen-bond donors (Lipinski definition) is 0. The fourth-order valence-electron chi connectivity index (χ4n) is 3.61. The van der Waals surface area contributed by atoms with Crippen LogP contribution in [0.15, 0.2) is 24.3 Å². The van der Waals surface area contributed by atoms with Crippen LogP contribution >= 0.6 is 0 Å². The van der Waals surface area contributed by atoms with E-state index in [9.17, 15) is 0 Å². The number of benzene rings is 1. The highest BCUT2D eigenvalue weighted by atomic mass is 16.5. The predicted molar refractivity (Wildman–Crippen MR) is 81.6 cm³/mol. The van der Waals surface area contributed by atoms with Gasteiger partial charge in [-0.3, -0.25) is 4.90 Å². The summed E-state index contributed by atoms with van der Waals surface area (Å²) in [5, 5.41) is 0. The van der Waals surface area contributed by atoms with E-state index in [-0.39, 0.29) is 0 Å². The van der Waals surface area contributed by atoms with Gasteiger partial charge in [0.15, 0.2) is 0 Å². The number of morpholine rings is 1. The molecular weight excluding hydrogens is 266 g/mol. The molecule has 1 saturated heterocycles. The van der Waals surface area contributed by atoms with Crippen LogP contribution in [0.25, 0.3) is 0 Å². The van der Waals surface area contributed by atoms with Crippen LogP contribution in [-0.2, 0) is 16.0 Å². The van der Waals surface area contributed by atoms with Crippen molar-refractivity contribution in [2.45, 2.75) is 44.1 Å². The molecule has 0 aromatic heterocycles. The molecule has 0 unspecified atom stereocenters. The van der Waals surface area contributed by atoms with Gasteiger partial charge in [-0.2, -0.15) is 0 Å². The fourth-order valence-corrected chi connectivity index (χ4v) is 3.61. The summed E-state index contributed by atoms with van der Waals surface area (Å²) in [4.78, 5) is 2.54. The molecule has 0 bridgehead atoms. The number of ether oxygens (including phenoxy) is 3. The predicted octanol–water partition coefficient (Wildman–Crippen LogP) is 2.46. The Kier molecular flexibility index (Phi) is 4.78. The van der Waals surface area contributed by atoms with E-state index in [0.29, 0.717) is 18.2 Å². The average Bonchev–Trinajstić information content (AvgIpc) is 2.55. The average molecular weight is 291 g/mol. The number of rotatable bonds is 4. The summed E-state index contributed by atoms with van der Waals surface area (Å²) in [7, 11) is 3.56. The summed E-state index contributed by atoms with van der Waals surface area (Å²) in [6.45, 7) is 2.73. The standard InChI is InChI=1S/C17H25NO3/c1-19-14-7-8-17-15(11-14)18(9-10-21-17)12-13-5-3-4-6-16(13)20-2/h3-6,14-15,17H,7-12H2,1-2H3/t14-,15+,17-/m1/s1. The molecule has 1 aromatic rings. The molecule has 3 atom stereocenters. The van der Waals surface area contributed by atoms with Gasteiger partial charge in [0.25, 0.3) is 0 Å². The molecule has 3 rings (SSSR count). The molecule has 2 aliphatic rings. The van der Waals surface area contributed by atoms with Gasteiger partial charge in [-0.15, -0.1) is 0 Å². The first kappa shape index (κ1) is 14.8. The fraction of sp³-hybridized carbons (Fsp3) is 0.647. The smallest absolute Gasteiger partial charge is 0.123 e. The van der Waals surface area contributed by atoms with Crippen LogP contribution in [0.3, 0.4) is 0 Å².